The van der Waals surface area contributed by atoms with Crippen LogP contribution in [0.15, 0.2) is 54.4 Å². The van der Waals surface area contributed by atoms with Crippen LogP contribution < -0.4 is 10.0 Å². The molecule has 1 aromatic carbocycles. The van der Waals surface area contributed by atoms with Crippen LogP contribution in [-0.2, 0) is 9.59 Å². The van der Waals surface area contributed by atoms with E-state index in [0.29, 0.717) is 12.1 Å². The lowest BCUT2D eigenvalue weighted by molar-refractivity contribution is -0.857. The van der Waals surface area contributed by atoms with Gasteiger partial charge in [-0.15, -0.1) is 0 Å². The van der Waals surface area contributed by atoms with Gasteiger partial charge in [0, 0.05) is 30.1 Å². The first-order chi connectivity index (χ1) is 13.8. The Hall–Kier alpha value is -3.59. The van der Waals surface area contributed by atoms with Crippen molar-refractivity contribution in [2.24, 2.45) is 0 Å². The molecule has 0 aliphatic carbocycles. The number of aromatic nitrogens is 1. The largest absolute Gasteiger partial charge is 0.872 e. The van der Waals surface area contributed by atoms with Crippen molar-refractivity contribution in [3.63, 3.8) is 0 Å². The first-order valence-corrected chi connectivity index (χ1v) is 9.01. The molecule has 3 rings (SSSR count). The zero-order valence-corrected chi connectivity index (χ0v) is 16.0. The highest BCUT2D eigenvalue weighted by Gasteiger charge is 2.44. The van der Waals surface area contributed by atoms with Crippen LogP contribution in [0, 0.1) is 10.1 Å². The maximum Gasteiger partial charge on any atom is 0.295 e. The van der Waals surface area contributed by atoms with Crippen LogP contribution >= 0.6 is 0 Å². The van der Waals surface area contributed by atoms with Crippen molar-refractivity contribution in [3.8, 4) is 0 Å². The predicted octanol–water partition coefficient (Wildman–Crippen LogP) is -0.642. The van der Waals surface area contributed by atoms with Gasteiger partial charge in [-0.2, -0.15) is 0 Å². The Balaban J connectivity index is 2.13. The third kappa shape index (κ3) is 3.99. The monoisotopic (exact) mass is 396 g/mol. The third-order valence-electron chi connectivity index (χ3n) is 4.74. The zero-order chi connectivity index (χ0) is 21.1. The first-order valence-electron chi connectivity index (χ1n) is 9.01. The lowest BCUT2D eigenvalue weighted by Gasteiger charge is -2.27. The maximum absolute atomic E-state index is 13.1. The fraction of sp³-hybridized carbons (Fsp3) is 0.250. The molecule has 0 spiro atoms. The number of likely N-dealkylation sites (tertiary alicyclic amines) is 1. The number of nitrogens with zero attached hydrogens (tertiary/aromatic N) is 3. The van der Waals surface area contributed by atoms with Crippen molar-refractivity contribution >= 4 is 23.1 Å². The van der Waals surface area contributed by atoms with Gasteiger partial charge in [0.05, 0.1) is 38.2 Å². The summed E-state index contributed by atoms with van der Waals surface area (Å²) in [4.78, 5) is 42.2. The number of ketones is 1. The molecule has 150 valence electrons. The number of hydrogen-bond donors (Lipinski definition) is 1. The summed E-state index contributed by atoms with van der Waals surface area (Å²) in [7, 11) is 3.83. The Morgan fingerprint density at radius 3 is 2.31 bits per heavy atom. The first kappa shape index (κ1) is 20.2. The van der Waals surface area contributed by atoms with E-state index in [-0.39, 0.29) is 23.4 Å². The molecule has 1 fully saturated rings. The lowest BCUT2D eigenvalue weighted by Crippen LogP contribution is -3.06. The number of carbonyl (C=O) groups is 2. The van der Waals surface area contributed by atoms with E-state index in [2.05, 4.69) is 4.98 Å². The second-order valence-electron chi connectivity index (χ2n) is 7.01. The molecule has 1 atom stereocenters. The molecular formula is C20H20N4O5. The summed E-state index contributed by atoms with van der Waals surface area (Å²) in [6, 6.07) is 7.61. The van der Waals surface area contributed by atoms with Gasteiger partial charge in [0.25, 0.3) is 11.6 Å². The van der Waals surface area contributed by atoms with Crippen molar-refractivity contribution < 1.29 is 24.5 Å². The molecule has 0 bridgehead atoms. The Kier molecular flexibility index (Phi) is 5.69. The third-order valence-corrected chi connectivity index (χ3v) is 4.74. The molecule has 0 radical (unpaired) electrons. The Labute approximate surface area is 167 Å². The van der Waals surface area contributed by atoms with Gasteiger partial charge in [-0.05, 0) is 35.4 Å². The average molecular weight is 396 g/mol. The van der Waals surface area contributed by atoms with E-state index in [0.717, 1.165) is 4.90 Å². The molecule has 1 unspecified atom stereocenters. The van der Waals surface area contributed by atoms with Crippen LogP contribution in [-0.4, -0.2) is 53.7 Å². The summed E-state index contributed by atoms with van der Waals surface area (Å²) in [6.45, 7) is 0.834. The van der Waals surface area contributed by atoms with E-state index in [1.807, 2.05) is 14.1 Å². The number of non-ortho nitro benzene ring substituents is 1. The Morgan fingerprint density at radius 1 is 1.14 bits per heavy atom. The summed E-state index contributed by atoms with van der Waals surface area (Å²) >= 11 is 0. The number of benzene rings is 1. The molecule has 29 heavy (non-hydrogen) atoms. The summed E-state index contributed by atoms with van der Waals surface area (Å²) < 4.78 is 0. The van der Waals surface area contributed by atoms with Gasteiger partial charge in [-0.1, -0.05) is 5.76 Å². The quantitative estimate of drug-likeness (QED) is 0.228. The molecule has 2 heterocycles. The van der Waals surface area contributed by atoms with E-state index >= 15 is 0 Å². The normalized spacial score (nSPS) is 18.4. The van der Waals surface area contributed by atoms with E-state index < -0.39 is 28.4 Å². The highest BCUT2D eigenvalue weighted by Crippen LogP contribution is 2.38. The molecular weight excluding hydrogens is 376 g/mol. The number of likely N-dealkylation sites (N-methyl/N-ethyl adjacent to an activating group) is 1. The Morgan fingerprint density at radius 2 is 1.76 bits per heavy atom. The number of hydrogen-bond acceptors (Lipinski definition) is 6. The van der Waals surface area contributed by atoms with Gasteiger partial charge in [-0.3, -0.25) is 24.7 Å². The molecule has 1 N–H and O–H groups in total. The van der Waals surface area contributed by atoms with Crippen molar-refractivity contribution in [1.82, 2.24) is 9.88 Å². The highest BCUT2D eigenvalue weighted by atomic mass is 16.6. The van der Waals surface area contributed by atoms with Crippen LogP contribution in [0.5, 0.6) is 0 Å². The number of amides is 1. The summed E-state index contributed by atoms with van der Waals surface area (Å²) in [5, 5.41) is 24.0. The number of pyridine rings is 1. The van der Waals surface area contributed by atoms with Gasteiger partial charge in [-0.25, -0.2) is 0 Å². The van der Waals surface area contributed by atoms with Gasteiger partial charge < -0.3 is 14.9 Å². The molecule has 1 saturated heterocycles. The molecule has 2 aromatic rings. The fourth-order valence-corrected chi connectivity index (χ4v) is 3.23. The second-order valence-corrected chi connectivity index (χ2v) is 7.01. The van der Waals surface area contributed by atoms with Crippen LogP contribution in [0.25, 0.3) is 5.76 Å². The summed E-state index contributed by atoms with van der Waals surface area (Å²) in [5.74, 6) is -2.13. The molecule has 0 saturated carbocycles. The van der Waals surface area contributed by atoms with Gasteiger partial charge in [0.15, 0.2) is 0 Å². The molecule has 9 nitrogen and oxygen atoms in total. The number of nitro benzene ring substituents is 1. The van der Waals surface area contributed by atoms with Gasteiger partial charge >= 0.3 is 0 Å². The topological polar surface area (TPSA) is 121 Å². The number of rotatable bonds is 6. The van der Waals surface area contributed by atoms with Crippen molar-refractivity contribution in [1.29, 1.82) is 0 Å². The van der Waals surface area contributed by atoms with Crippen molar-refractivity contribution in [2.75, 3.05) is 27.2 Å². The minimum atomic E-state index is -0.893. The number of Topliss-reactive ketones (excluding diaryl/α,β-unsaturated/α-hetero) is 1. The van der Waals surface area contributed by atoms with E-state index in [1.54, 1.807) is 0 Å². The highest BCUT2D eigenvalue weighted by molar-refractivity contribution is 6.46. The van der Waals surface area contributed by atoms with E-state index in [1.165, 1.54) is 53.7 Å². The van der Waals surface area contributed by atoms with Crippen LogP contribution in [0.2, 0.25) is 0 Å². The van der Waals surface area contributed by atoms with E-state index in [9.17, 15) is 24.8 Å². The SMILES string of the molecule is C[NH+](C)CCN1C(=O)C(=O)C(=C([O-])c2ccncc2)C1c1ccc([N+](=O)[O-])cc1. The predicted molar refractivity (Wildman–Crippen MR) is 101 cm³/mol. The number of quaternary nitrogens is 1. The number of nitrogens with one attached hydrogen (secondary N) is 1. The smallest absolute Gasteiger partial charge is 0.295 e. The zero-order valence-electron chi connectivity index (χ0n) is 16.0. The minimum absolute atomic E-state index is 0.115. The van der Waals surface area contributed by atoms with Crippen LogP contribution in [0.4, 0.5) is 5.69 Å². The van der Waals surface area contributed by atoms with Gasteiger partial charge in [0.2, 0.25) is 5.78 Å². The maximum atomic E-state index is 13.1. The van der Waals surface area contributed by atoms with Crippen molar-refractivity contribution in [3.05, 3.63) is 75.6 Å². The molecule has 1 amide bonds. The van der Waals surface area contributed by atoms with Gasteiger partial charge in [0.1, 0.15) is 0 Å². The minimum Gasteiger partial charge on any atom is -0.872 e. The summed E-state index contributed by atoms with van der Waals surface area (Å²) in [5.41, 5.74) is 0.462. The van der Waals surface area contributed by atoms with E-state index in [4.69, 9.17) is 0 Å². The number of carbonyl (C=O) groups excluding carboxylic acids is 2. The second kappa shape index (κ2) is 8.19. The molecule has 9 heteroatoms. The van der Waals surface area contributed by atoms with Crippen molar-refractivity contribution in [2.45, 2.75) is 6.04 Å². The number of nitro groups is 1. The molecule has 1 aliphatic heterocycles. The van der Waals surface area contributed by atoms with Crippen LogP contribution in [0.1, 0.15) is 17.2 Å². The average Bonchev–Trinajstić information content (AvgIpc) is 2.97. The molecule has 1 aromatic heterocycles. The standard InChI is InChI=1S/C20H20N4O5/c1-22(2)11-12-23-17(13-3-5-15(6-4-13)24(28)29)16(19(26)20(23)27)18(25)14-7-9-21-10-8-14/h3-10,17,25H,11-12H2,1-2H3. The lowest BCUT2D eigenvalue weighted by atomic mass is 9.95. The van der Waals surface area contributed by atoms with Crippen LogP contribution in [0.3, 0.4) is 0 Å². The molecule has 1 aliphatic rings. The summed E-state index contributed by atoms with van der Waals surface area (Å²) in [6.07, 6.45) is 2.87. The Bertz CT molecular complexity index is 970. The fourth-order valence-electron chi connectivity index (χ4n) is 3.23.